The third-order valence-electron chi connectivity index (χ3n) is 2.92. The summed E-state index contributed by atoms with van der Waals surface area (Å²) in [7, 11) is 0. The zero-order valence-corrected chi connectivity index (χ0v) is 9.84. The first-order valence-electron chi connectivity index (χ1n) is 5.89. The van der Waals surface area contributed by atoms with Crippen molar-refractivity contribution in [1.29, 1.82) is 0 Å². The Kier molecular flexibility index (Phi) is 3.42. The Morgan fingerprint density at radius 3 is 2.94 bits per heavy atom. The molecule has 90 valence electrons. The molecule has 0 bridgehead atoms. The van der Waals surface area contributed by atoms with Crippen LogP contribution >= 0.6 is 0 Å². The second kappa shape index (κ2) is 4.99. The Balaban J connectivity index is 2.38. The zero-order chi connectivity index (χ0) is 12.3. The van der Waals surface area contributed by atoms with E-state index in [4.69, 9.17) is 0 Å². The molecular formula is C13H16N2O2. The van der Waals surface area contributed by atoms with Crippen molar-refractivity contribution in [2.45, 2.75) is 32.2 Å². The van der Waals surface area contributed by atoms with E-state index in [-0.39, 0.29) is 0 Å². The highest BCUT2D eigenvalue weighted by Gasteiger charge is 2.21. The number of unbranched alkanes of at least 4 members (excludes halogenated alkanes) is 1. The number of hydrogen-bond acceptors (Lipinski definition) is 2. The molecule has 1 heterocycles. The van der Waals surface area contributed by atoms with Gasteiger partial charge in [-0.25, -0.2) is 4.79 Å². The summed E-state index contributed by atoms with van der Waals surface area (Å²) in [4.78, 5) is 11.3. The summed E-state index contributed by atoms with van der Waals surface area (Å²) in [6, 6.07) is 7.12. The zero-order valence-electron chi connectivity index (χ0n) is 9.84. The predicted molar refractivity (Wildman–Crippen MR) is 65.9 cm³/mol. The van der Waals surface area contributed by atoms with Crippen molar-refractivity contribution in [2.75, 3.05) is 0 Å². The number of hydrogen-bond donors (Lipinski definition) is 1. The lowest BCUT2D eigenvalue weighted by molar-refractivity contribution is -0.141. The molecule has 1 aromatic carbocycles. The number of carbonyl (C=O) groups is 1. The van der Waals surface area contributed by atoms with Gasteiger partial charge in [-0.1, -0.05) is 38.0 Å². The number of para-hydroxylation sites is 1. The van der Waals surface area contributed by atoms with E-state index in [2.05, 4.69) is 12.0 Å². The Bertz CT molecular complexity index is 519. The Labute approximate surface area is 99.9 Å². The van der Waals surface area contributed by atoms with Crippen LogP contribution in [-0.2, 0) is 4.79 Å². The summed E-state index contributed by atoms with van der Waals surface area (Å²) in [5.74, 6) is -0.813. The monoisotopic (exact) mass is 232 g/mol. The van der Waals surface area contributed by atoms with Crippen LogP contribution in [0.5, 0.6) is 0 Å². The number of fused-ring (bicyclic) bond motifs is 1. The van der Waals surface area contributed by atoms with Gasteiger partial charge >= 0.3 is 5.97 Å². The van der Waals surface area contributed by atoms with Gasteiger partial charge in [-0.2, -0.15) is 5.10 Å². The first kappa shape index (κ1) is 11.6. The molecule has 0 aliphatic heterocycles. The van der Waals surface area contributed by atoms with E-state index in [1.807, 2.05) is 24.3 Å². The van der Waals surface area contributed by atoms with E-state index in [0.29, 0.717) is 6.42 Å². The van der Waals surface area contributed by atoms with E-state index in [9.17, 15) is 9.90 Å². The largest absolute Gasteiger partial charge is 0.480 e. The average Bonchev–Trinajstić information content (AvgIpc) is 2.73. The van der Waals surface area contributed by atoms with Crippen molar-refractivity contribution in [3.8, 4) is 0 Å². The Morgan fingerprint density at radius 2 is 2.24 bits per heavy atom. The van der Waals surface area contributed by atoms with Gasteiger partial charge in [0.1, 0.15) is 6.04 Å². The highest BCUT2D eigenvalue weighted by molar-refractivity contribution is 5.81. The first-order valence-corrected chi connectivity index (χ1v) is 5.89. The van der Waals surface area contributed by atoms with Crippen molar-refractivity contribution in [3.63, 3.8) is 0 Å². The van der Waals surface area contributed by atoms with Crippen LogP contribution in [0.1, 0.15) is 32.2 Å². The van der Waals surface area contributed by atoms with Crippen LogP contribution in [0.15, 0.2) is 30.5 Å². The molecule has 1 atom stereocenters. The molecule has 0 aliphatic carbocycles. The van der Waals surface area contributed by atoms with Crippen molar-refractivity contribution >= 4 is 16.9 Å². The summed E-state index contributed by atoms with van der Waals surface area (Å²) >= 11 is 0. The molecule has 4 nitrogen and oxygen atoms in total. The molecule has 1 N–H and O–H groups in total. The molecule has 0 saturated carbocycles. The Morgan fingerprint density at radius 1 is 1.47 bits per heavy atom. The van der Waals surface area contributed by atoms with Crippen LogP contribution in [0.4, 0.5) is 0 Å². The van der Waals surface area contributed by atoms with Gasteiger partial charge in [-0.3, -0.25) is 4.68 Å². The molecule has 0 saturated heterocycles. The fourth-order valence-corrected chi connectivity index (χ4v) is 1.99. The lowest BCUT2D eigenvalue weighted by Crippen LogP contribution is -2.20. The molecule has 4 heteroatoms. The van der Waals surface area contributed by atoms with Gasteiger partial charge in [0, 0.05) is 5.39 Å². The van der Waals surface area contributed by atoms with Crippen LogP contribution in [0, 0.1) is 0 Å². The van der Waals surface area contributed by atoms with Gasteiger partial charge in [0.2, 0.25) is 0 Å². The molecule has 2 aromatic rings. The maximum Gasteiger partial charge on any atom is 0.328 e. The van der Waals surface area contributed by atoms with E-state index in [1.54, 1.807) is 10.9 Å². The number of rotatable bonds is 5. The van der Waals surface area contributed by atoms with Crippen LogP contribution in [0.2, 0.25) is 0 Å². The summed E-state index contributed by atoms with van der Waals surface area (Å²) in [6.45, 7) is 2.06. The van der Waals surface area contributed by atoms with Crippen molar-refractivity contribution in [2.24, 2.45) is 0 Å². The number of nitrogens with zero attached hydrogens (tertiary/aromatic N) is 2. The molecule has 1 aromatic heterocycles. The molecule has 0 amide bonds. The molecule has 0 spiro atoms. The van der Waals surface area contributed by atoms with Crippen LogP contribution < -0.4 is 0 Å². The normalized spacial score (nSPS) is 12.8. The second-order valence-electron chi connectivity index (χ2n) is 4.14. The summed E-state index contributed by atoms with van der Waals surface area (Å²) < 4.78 is 1.62. The number of benzene rings is 1. The van der Waals surface area contributed by atoms with E-state index >= 15 is 0 Å². The standard InChI is InChI=1S/C13H16N2O2/c1-2-3-7-12(13(16)17)15-11-8-5-4-6-10(11)9-14-15/h4-6,8-9,12H,2-3,7H2,1H3,(H,16,17). The predicted octanol–water partition coefficient (Wildman–Crippen LogP) is 2.85. The lowest BCUT2D eigenvalue weighted by Gasteiger charge is -2.13. The highest BCUT2D eigenvalue weighted by atomic mass is 16.4. The number of aliphatic carboxylic acids is 1. The van der Waals surface area contributed by atoms with E-state index < -0.39 is 12.0 Å². The van der Waals surface area contributed by atoms with Crippen LogP contribution in [0.25, 0.3) is 10.9 Å². The van der Waals surface area contributed by atoms with Crippen molar-refractivity contribution in [3.05, 3.63) is 30.5 Å². The number of carboxylic acid groups (broad SMARTS) is 1. The topological polar surface area (TPSA) is 55.1 Å². The quantitative estimate of drug-likeness (QED) is 0.862. The van der Waals surface area contributed by atoms with Crippen LogP contribution in [0.3, 0.4) is 0 Å². The molecule has 0 fully saturated rings. The fourth-order valence-electron chi connectivity index (χ4n) is 1.99. The molecular weight excluding hydrogens is 216 g/mol. The van der Waals surface area contributed by atoms with Gasteiger partial charge in [-0.05, 0) is 12.5 Å². The minimum absolute atomic E-state index is 0.560. The maximum atomic E-state index is 11.3. The first-order chi connectivity index (χ1) is 8.24. The number of carboxylic acids is 1. The van der Waals surface area contributed by atoms with Gasteiger partial charge in [-0.15, -0.1) is 0 Å². The van der Waals surface area contributed by atoms with Crippen molar-refractivity contribution < 1.29 is 9.90 Å². The summed E-state index contributed by atoms with van der Waals surface area (Å²) in [6.07, 6.45) is 4.23. The SMILES string of the molecule is CCCCC(C(=O)O)n1ncc2ccccc21. The molecule has 17 heavy (non-hydrogen) atoms. The number of aromatic nitrogens is 2. The highest BCUT2D eigenvalue weighted by Crippen LogP contribution is 2.21. The van der Waals surface area contributed by atoms with Gasteiger partial charge < -0.3 is 5.11 Å². The van der Waals surface area contributed by atoms with Gasteiger partial charge in [0.25, 0.3) is 0 Å². The van der Waals surface area contributed by atoms with Crippen LogP contribution in [-0.4, -0.2) is 20.9 Å². The minimum Gasteiger partial charge on any atom is -0.480 e. The molecule has 0 radical (unpaired) electrons. The fraction of sp³-hybridized carbons (Fsp3) is 0.385. The van der Waals surface area contributed by atoms with E-state index in [0.717, 1.165) is 23.7 Å². The third-order valence-corrected chi connectivity index (χ3v) is 2.92. The smallest absolute Gasteiger partial charge is 0.328 e. The molecule has 0 aliphatic rings. The maximum absolute atomic E-state index is 11.3. The average molecular weight is 232 g/mol. The minimum atomic E-state index is -0.813. The van der Waals surface area contributed by atoms with Crippen molar-refractivity contribution in [1.82, 2.24) is 9.78 Å². The summed E-state index contributed by atoms with van der Waals surface area (Å²) in [5.41, 5.74) is 0.885. The molecule has 1 unspecified atom stereocenters. The third kappa shape index (κ3) is 2.30. The van der Waals surface area contributed by atoms with Gasteiger partial charge in [0.05, 0.1) is 11.7 Å². The second-order valence-corrected chi connectivity index (χ2v) is 4.14. The Hall–Kier alpha value is -1.84. The lowest BCUT2D eigenvalue weighted by atomic mass is 10.1. The van der Waals surface area contributed by atoms with E-state index in [1.165, 1.54) is 0 Å². The van der Waals surface area contributed by atoms with Gasteiger partial charge in [0.15, 0.2) is 0 Å². The summed E-state index contributed by atoms with van der Waals surface area (Å²) in [5, 5.41) is 14.5. The molecule has 2 rings (SSSR count).